The number of non-ortho nitro benzene ring substituents is 1. The van der Waals surface area contributed by atoms with Crippen LogP contribution in [0.4, 0.5) is 11.5 Å². The molecule has 0 aliphatic rings. The maximum Gasteiger partial charge on any atom is 0.296 e. The van der Waals surface area contributed by atoms with E-state index in [1.165, 1.54) is 28.9 Å². The maximum atomic E-state index is 13.5. The number of nitriles is 2. The molecule has 2 aromatic carbocycles. The first-order chi connectivity index (χ1) is 16.7. The number of rotatable bonds is 4. The van der Waals surface area contributed by atoms with Crippen molar-refractivity contribution in [3.05, 3.63) is 102 Å². The Labute approximate surface area is 197 Å². The van der Waals surface area contributed by atoms with Crippen LogP contribution >= 0.6 is 0 Å². The zero-order valence-corrected chi connectivity index (χ0v) is 18.6. The number of nitrogen functional groups attached to an aromatic ring is 1. The summed E-state index contributed by atoms with van der Waals surface area (Å²) in [6, 6.07) is 17.5. The molecule has 4 aromatic rings. The van der Waals surface area contributed by atoms with Crippen molar-refractivity contribution in [2.75, 3.05) is 5.73 Å². The van der Waals surface area contributed by atoms with Gasteiger partial charge >= 0.3 is 0 Å². The van der Waals surface area contributed by atoms with E-state index < -0.39 is 21.6 Å². The maximum absolute atomic E-state index is 13.5. The van der Waals surface area contributed by atoms with E-state index >= 15 is 0 Å². The SMILES string of the molecule is Cc1c(-n2c(N)c(C#N)c(-c3ccc([N+](=O)[O-])cc3)c(C#N)c2=O)c(=O)n(-c2ccccc2)n1C. The number of para-hydroxylation sites is 1. The zero-order chi connectivity index (χ0) is 25.4. The van der Waals surface area contributed by atoms with Crippen molar-refractivity contribution in [3.63, 3.8) is 0 Å². The van der Waals surface area contributed by atoms with Gasteiger partial charge in [0, 0.05) is 24.7 Å². The lowest BCUT2D eigenvalue weighted by Gasteiger charge is -2.15. The summed E-state index contributed by atoms with van der Waals surface area (Å²) >= 11 is 0. The number of hydrogen-bond donors (Lipinski definition) is 1. The van der Waals surface area contributed by atoms with Gasteiger partial charge in [0.2, 0.25) is 0 Å². The second-order valence-electron chi connectivity index (χ2n) is 7.59. The number of aromatic nitrogens is 3. The quantitative estimate of drug-likeness (QED) is 0.355. The number of benzene rings is 2. The van der Waals surface area contributed by atoms with Crippen molar-refractivity contribution in [1.82, 2.24) is 13.9 Å². The minimum Gasteiger partial charge on any atom is -0.384 e. The molecule has 2 N–H and O–H groups in total. The summed E-state index contributed by atoms with van der Waals surface area (Å²) in [4.78, 5) is 37.4. The molecule has 0 unspecified atom stereocenters. The molecule has 0 radical (unpaired) electrons. The number of nitro groups is 1. The topological polar surface area (TPSA) is 166 Å². The Kier molecular flexibility index (Phi) is 5.53. The van der Waals surface area contributed by atoms with E-state index in [1.807, 2.05) is 12.1 Å². The van der Waals surface area contributed by atoms with Gasteiger partial charge in [-0.15, -0.1) is 0 Å². The van der Waals surface area contributed by atoms with Gasteiger partial charge in [-0.25, -0.2) is 4.68 Å². The minimum absolute atomic E-state index is 0.0550. The van der Waals surface area contributed by atoms with Crippen LogP contribution in [0.3, 0.4) is 0 Å². The van der Waals surface area contributed by atoms with Crippen molar-refractivity contribution >= 4 is 11.5 Å². The highest BCUT2D eigenvalue weighted by molar-refractivity contribution is 5.81. The van der Waals surface area contributed by atoms with Gasteiger partial charge in [0.25, 0.3) is 16.8 Å². The summed E-state index contributed by atoms with van der Waals surface area (Å²) in [6.45, 7) is 1.62. The summed E-state index contributed by atoms with van der Waals surface area (Å²) in [5.74, 6) is -0.323. The fourth-order valence-corrected chi connectivity index (χ4v) is 3.98. The first-order valence-electron chi connectivity index (χ1n) is 10.2. The Bertz CT molecular complexity index is 1700. The predicted molar refractivity (Wildman–Crippen MR) is 127 cm³/mol. The van der Waals surface area contributed by atoms with Crippen LogP contribution in [0.5, 0.6) is 0 Å². The summed E-state index contributed by atoms with van der Waals surface area (Å²) in [5.41, 5.74) is 4.99. The van der Waals surface area contributed by atoms with Crippen LogP contribution in [0.2, 0.25) is 0 Å². The van der Waals surface area contributed by atoms with E-state index in [0.717, 1.165) is 4.57 Å². The van der Waals surface area contributed by atoms with Crippen molar-refractivity contribution in [2.24, 2.45) is 7.05 Å². The Balaban J connectivity index is 2.07. The highest BCUT2D eigenvalue weighted by Gasteiger charge is 2.27. The van der Waals surface area contributed by atoms with E-state index in [0.29, 0.717) is 11.4 Å². The molecule has 11 heteroatoms. The van der Waals surface area contributed by atoms with Crippen molar-refractivity contribution in [1.29, 1.82) is 10.5 Å². The molecule has 0 aliphatic heterocycles. The van der Waals surface area contributed by atoms with Gasteiger partial charge in [-0.2, -0.15) is 10.5 Å². The molecule has 172 valence electrons. The van der Waals surface area contributed by atoms with E-state index in [1.54, 1.807) is 49.0 Å². The third kappa shape index (κ3) is 3.44. The summed E-state index contributed by atoms with van der Waals surface area (Å²) < 4.78 is 3.77. The Hall–Kier alpha value is -5.42. The van der Waals surface area contributed by atoms with E-state index in [9.17, 15) is 30.2 Å². The standard InChI is InChI=1S/C24H17N7O4/c1-14-21(24(33)30(28(14)2)16-6-4-3-5-7-16)29-22(27)18(12-25)20(19(13-26)23(29)32)15-8-10-17(11-9-15)31(34)35/h3-11H,27H2,1-2H3. The molecule has 0 aliphatic carbocycles. The number of nitrogens with zero attached hydrogens (tertiary/aromatic N) is 6. The average Bonchev–Trinajstić information content (AvgIpc) is 3.07. The average molecular weight is 467 g/mol. The normalized spacial score (nSPS) is 10.5. The minimum atomic E-state index is -0.886. The lowest BCUT2D eigenvalue weighted by atomic mass is 9.96. The van der Waals surface area contributed by atoms with Gasteiger partial charge in [0.15, 0.2) is 0 Å². The van der Waals surface area contributed by atoms with Gasteiger partial charge in [-0.05, 0) is 36.8 Å². The molecule has 4 rings (SSSR count). The van der Waals surface area contributed by atoms with Crippen LogP contribution in [0, 0.1) is 39.7 Å². The number of pyridine rings is 1. The van der Waals surface area contributed by atoms with Crippen LogP contribution in [-0.4, -0.2) is 18.9 Å². The van der Waals surface area contributed by atoms with E-state index in [2.05, 4.69) is 0 Å². The van der Waals surface area contributed by atoms with Crippen LogP contribution in [0.15, 0.2) is 64.2 Å². The first-order valence-corrected chi connectivity index (χ1v) is 10.2. The molecule has 35 heavy (non-hydrogen) atoms. The molecule has 0 saturated carbocycles. The van der Waals surface area contributed by atoms with Crippen molar-refractivity contribution < 1.29 is 4.92 Å². The van der Waals surface area contributed by atoms with Crippen LogP contribution in [0.25, 0.3) is 22.5 Å². The van der Waals surface area contributed by atoms with Gasteiger partial charge < -0.3 is 5.73 Å². The molecule has 0 bridgehead atoms. The van der Waals surface area contributed by atoms with Crippen LogP contribution < -0.4 is 16.9 Å². The second kappa shape index (κ2) is 8.50. The van der Waals surface area contributed by atoms with Gasteiger partial charge in [0.1, 0.15) is 34.8 Å². The fraction of sp³-hybridized carbons (Fsp3) is 0.0833. The van der Waals surface area contributed by atoms with E-state index in [4.69, 9.17) is 5.73 Å². The van der Waals surface area contributed by atoms with Crippen molar-refractivity contribution in [2.45, 2.75) is 6.92 Å². The molecule has 0 amide bonds. The lowest BCUT2D eigenvalue weighted by molar-refractivity contribution is -0.384. The molecule has 11 nitrogen and oxygen atoms in total. The molecule has 2 aromatic heterocycles. The molecular formula is C24H17N7O4. The van der Waals surface area contributed by atoms with Crippen molar-refractivity contribution in [3.8, 4) is 34.6 Å². The molecule has 0 fully saturated rings. The predicted octanol–water partition coefficient (Wildman–Crippen LogP) is 2.54. The molecule has 0 saturated heterocycles. The van der Waals surface area contributed by atoms with Gasteiger partial charge in [0.05, 0.1) is 16.3 Å². The number of hydrogen-bond acceptors (Lipinski definition) is 7. The zero-order valence-electron chi connectivity index (χ0n) is 18.6. The van der Waals surface area contributed by atoms with Gasteiger partial charge in [-0.3, -0.25) is 29.0 Å². The first kappa shape index (κ1) is 22.8. The van der Waals surface area contributed by atoms with Crippen LogP contribution in [0.1, 0.15) is 16.8 Å². The van der Waals surface area contributed by atoms with Crippen LogP contribution in [-0.2, 0) is 7.05 Å². The largest absolute Gasteiger partial charge is 0.384 e. The summed E-state index contributed by atoms with van der Waals surface area (Å²) in [7, 11) is 1.64. The fourth-order valence-electron chi connectivity index (χ4n) is 3.98. The third-order valence-corrected chi connectivity index (χ3v) is 5.75. The number of nitrogens with two attached hydrogens (primary N) is 1. The molecule has 0 spiro atoms. The second-order valence-corrected chi connectivity index (χ2v) is 7.59. The highest BCUT2D eigenvalue weighted by atomic mass is 16.6. The Morgan fingerprint density at radius 3 is 2.09 bits per heavy atom. The summed E-state index contributed by atoms with van der Waals surface area (Å²) in [6.07, 6.45) is 0. The molecule has 0 atom stereocenters. The smallest absolute Gasteiger partial charge is 0.296 e. The Morgan fingerprint density at radius 1 is 0.943 bits per heavy atom. The molecule has 2 heterocycles. The third-order valence-electron chi connectivity index (χ3n) is 5.75. The number of anilines is 1. The molecular weight excluding hydrogens is 450 g/mol. The van der Waals surface area contributed by atoms with E-state index in [-0.39, 0.29) is 33.9 Å². The van der Waals surface area contributed by atoms with Gasteiger partial charge in [-0.1, -0.05) is 18.2 Å². The number of nitro benzene ring substituents is 1. The Morgan fingerprint density at radius 2 is 1.54 bits per heavy atom. The monoisotopic (exact) mass is 467 g/mol. The highest BCUT2D eigenvalue weighted by Crippen LogP contribution is 2.31. The summed E-state index contributed by atoms with van der Waals surface area (Å²) in [5, 5.41) is 30.8. The lowest BCUT2D eigenvalue weighted by Crippen LogP contribution is -2.31.